The molecule has 2 atom stereocenters. The summed E-state index contributed by atoms with van der Waals surface area (Å²) < 4.78 is 14.0. The highest BCUT2D eigenvalue weighted by Crippen LogP contribution is 2.26. The maximum absolute atomic E-state index is 13.3. The second-order valence-electron chi connectivity index (χ2n) is 3.66. The Morgan fingerprint density at radius 1 is 1.56 bits per heavy atom. The third-order valence-corrected chi connectivity index (χ3v) is 2.81. The van der Waals surface area contributed by atoms with E-state index in [1.807, 2.05) is 0 Å². The number of aliphatic carboxylic acids is 1. The lowest BCUT2D eigenvalue weighted by Crippen LogP contribution is -2.14. The zero-order valence-electron chi connectivity index (χ0n) is 8.65. The first-order valence-corrected chi connectivity index (χ1v) is 5.57. The SMILES string of the molecule is CC(CC(O)c1cc(Br)ccc1F)C(=O)O. The van der Waals surface area contributed by atoms with Gasteiger partial charge in [-0.05, 0) is 24.6 Å². The molecule has 0 radical (unpaired) electrons. The van der Waals surface area contributed by atoms with E-state index in [2.05, 4.69) is 15.9 Å². The summed E-state index contributed by atoms with van der Waals surface area (Å²) in [6, 6.07) is 4.20. The van der Waals surface area contributed by atoms with Crippen LogP contribution in [0.5, 0.6) is 0 Å². The van der Waals surface area contributed by atoms with Crippen molar-refractivity contribution in [2.75, 3.05) is 0 Å². The lowest BCUT2D eigenvalue weighted by Gasteiger charge is -2.14. The Balaban J connectivity index is 2.83. The highest BCUT2D eigenvalue weighted by molar-refractivity contribution is 9.10. The van der Waals surface area contributed by atoms with Gasteiger partial charge in [0.25, 0.3) is 0 Å². The molecule has 16 heavy (non-hydrogen) atoms. The van der Waals surface area contributed by atoms with Gasteiger partial charge in [-0.25, -0.2) is 4.39 Å². The van der Waals surface area contributed by atoms with Gasteiger partial charge >= 0.3 is 5.97 Å². The Kier molecular flexibility index (Phi) is 4.44. The molecule has 0 aliphatic rings. The molecule has 0 aliphatic carbocycles. The van der Waals surface area contributed by atoms with E-state index >= 15 is 0 Å². The monoisotopic (exact) mass is 290 g/mol. The standard InChI is InChI=1S/C11H12BrFO3/c1-6(11(15)16)4-10(14)8-5-7(12)2-3-9(8)13/h2-3,5-6,10,14H,4H2,1H3,(H,15,16). The van der Waals surface area contributed by atoms with Crippen molar-refractivity contribution in [1.82, 2.24) is 0 Å². The molecule has 3 nitrogen and oxygen atoms in total. The van der Waals surface area contributed by atoms with Gasteiger partial charge in [-0.1, -0.05) is 22.9 Å². The smallest absolute Gasteiger partial charge is 0.306 e. The molecule has 1 rings (SSSR count). The van der Waals surface area contributed by atoms with Crippen molar-refractivity contribution >= 4 is 21.9 Å². The van der Waals surface area contributed by atoms with Crippen molar-refractivity contribution in [2.24, 2.45) is 5.92 Å². The Labute approximate surface area is 101 Å². The van der Waals surface area contributed by atoms with Gasteiger partial charge in [0.05, 0.1) is 12.0 Å². The normalized spacial score (nSPS) is 14.5. The third kappa shape index (κ3) is 3.28. The average Bonchev–Trinajstić information content (AvgIpc) is 2.21. The highest BCUT2D eigenvalue weighted by Gasteiger charge is 2.20. The van der Waals surface area contributed by atoms with E-state index in [0.29, 0.717) is 4.47 Å². The first-order valence-electron chi connectivity index (χ1n) is 4.77. The van der Waals surface area contributed by atoms with Crippen molar-refractivity contribution in [3.05, 3.63) is 34.1 Å². The number of benzene rings is 1. The van der Waals surface area contributed by atoms with Crippen LogP contribution < -0.4 is 0 Å². The van der Waals surface area contributed by atoms with Crippen LogP contribution in [0.3, 0.4) is 0 Å². The van der Waals surface area contributed by atoms with Gasteiger partial charge in [-0.2, -0.15) is 0 Å². The summed E-state index contributed by atoms with van der Waals surface area (Å²) in [6.45, 7) is 1.47. The van der Waals surface area contributed by atoms with Crippen LogP contribution in [0.1, 0.15) is 25.0 Å². The molecular weight excluding hydrogens is 279 g/mol. The van der Waals surface area contributed by atoms with Gasteiger partial charge in [-0.3, -0.25) is 4.79 Å². The van der Waals surface area contributed by atoms with E-state index in [0.717, 1.165) is 0 Å². The molecule has 0 saturated carbocycles. The number of carboxylic acid groups (broad SMARTS) is 1. The number of hydrogen-bond acceptors (Lipinski definition) is 2. The summed E-state index contributed by atoms with van der Waals surface area (Å²) in [5.41, 5.74) is 0.113. The van der Waals surface area contributed by atoms with Crippen LogP contribution in [0.2, 0.25) is 0 Å². The van der Waals surface area contributed by atoms with Crippen molar-refractivity contribution < 1.29 is 19.4 Å². The summed E-state index contributed by atoms with van der Waals surface area (Å²) >= 11 is 3.17. The quantitative estimate of drug-likeness (QED) is 0.896. The van der Waals surface area contributed by atoms with Gasteiger partial charge in [-0.15, -0.1) is 0 Å². The molecule has 2 unspecified atom stereocenters. The number of carbonyl (C=O) groups is 1. The second-order valence-corrected chi connectivity index (χ2v) is 4.57. The van der Waals surface area contributed by atoms with Crippen LogP contribution >= 0.6 is 15.9 Å². The average molecular weight is 291 g/mol. The van der Waals surface area contributed by atoms with Gasteiger partial charge in [0, 0.05) is 10.0 Å². The van der Waals surface area contributed by atoms with E-state index in [1.54, 1.807) is 0 Å². The molecule has 0 heterocycles. The van der Waals surface area contributed by atoms with Crippen molar-refractivity contribution in [1.29, 1.82) is 0 Å². The fraction of sp³-hybridized carbons (Fsp3) is 0.364. The minimum atomic E-state index is -1.11. The Morgan fingerprint density at radius 3 is 2.75 bits per heavy atom. The zero-order chi connectivity index (χ0) is 12.3. The van der Waals surface area contributed by atoms with Crippen LogP contribution in [0.4, 0.5) is 4.39 Å². The van der Waals surface area contributed by atoms with Crippen LogP contribution in [0, 0.1) is 11.7 Å². The zero-order valence-corrected chi connectivity index (χ0v) is 10.2. The molecule has 5 heteroatoms. The van der Waals surface area contributed by atoms with Crippen LogP contribution in [-0.4, -0.2) is 16.2 Å². The summed E-state index contributed by atoms with van der Waals surface area (Å²) in [4.78, 5) is 10.6. The third-order valence-electron chi connectivity index (χ3n) is 2.32. The number of aliphatic hydroxyl groups is 1. The molecular formula is C11H12BrFO3. The minimum absolute atomic E-state index is 0.0112. The molecule has 0 amide bonds. The van der Waals surface area contributed by atoms with Crippen molar-refractivity contribution in [3.8, 4) is 0 Å². The minimum Gasteiger partial charge on any atom is -0.481 e. The fourth-order valence-electron chi connectivity index (χ4n) is 1.33. The largest absolute Gasteiger partial charge is 0.481 e. The Bertz CT molecular complexity index is 395. The lowest BCUT2D eigenvalue weighted by molar-refractivity contribution is -0.142. The maximum atomic E-state index is 13.3. The summed E-state index contributed by atoms with van der Waals surface area (Å²) in [5.74, 6) is -2.25. The Hall–Kier alpha value is -0.940. The first-order chi connectivity index (χ1) is 7.41. The van der Waals surface area contributed by atoms with Crippen molar-refractivity contribution in [3.63, 3.8) is 0 Å². The molecule has 0 fully saturated rings. The first kappa shape index (κ1) is 13.1. The molecule has 1 aromatic carbocycles. The topological polar surface area (TPSA) is 57.5 Å². The molecule has 1 aromatic rings. The molecule has 2 N–H and O–H groups in total. The van der Waals surface area contributed by atoms with E-state index in [1.165, 1.54) is 25.1 Å². The molecule has 0 spiro atoms. The molecule has 0 bridgehead atoms. The van der Waals surface area contributed by atoms with Gasteiger partial charge in [0.2, 0.25) is 0 Å². The summed E-state index contributed by atoms with van der Waals surface area (Å²) in [5, 5.41) is 18.4. The van der Waals surface area contributed by atoms with Crippen LogP contribution in [-0.2, 0) is 4.79 Å². The predicted octanol–water partition coefficient (Wildman–Crippen LogP) is 2.73. The lowest BCUT2D eigenvalue weighted by atomic mass is 9.98. The maximum Gasteiger partial charge on any atom is 0.306 e. The van der Waals surface area contributed by atoms with Crippen LogP contribution in [0.15, 0.2) is 22.7 Å². The Morgan fingerprint density at radius 2 is 2.19 bits per heavy atom. The summed E-state index contributed by atoms with van der Waals surface area (Å²) in [6.07, 6.45) is -1.12. The molecule has 88 valence electrons. The van der Waals surface area contributed by atoms with E-state index in [9.17, 15) is 14.3 Å². The van der Waals surface area contributed by atoms with Gasteiger partial charge < -0.3 is 10.2 Å². The number of rotatable bonds is 4. The molecule has 0 aliphatic heterocycles. The summed E-state index contributed by atoms with van der Waals surface area (Å²) in [7, 11) is 0. The number of halogens is 2. The second kappa shape index (κ2) is 5.41. The molecule has 0 saturated heterocycles. The highest BCUT2D eigenvalue weighted by atomic mass is 79.9. The molecule has 0 aromatic heterocycles. The number of hydrogen-bond donors (Lipinski definition) is 2. The number of carboxylic acids is 1. The van der Waals surface area contributed by atoms with E-state index in [-0.39, 0.29) is 12.0 Å². The van der Waals surface area contributed by atoms with E-state index < -0.39 is 23.8 Å². The van der Waals surface area contributed by atoms with Crippen molar-refractivity contribution in [2.45, 2.75) is 19.4 Å². The van der Waals surface area contributed by atoms with E-state index in [4.69, 9.17) is 5.11 Å². The predicted molar refractivity (Wildman–Crippen MR) is 60.5 cm³/mol. The van der Waals surface area contributed by atoms with Gasteiger partial charge in [0.1, 0.15) is 5.82 Å². The van der Waals surface area contributed by atoms with Crippen LogP contribution in [0.25, 0.3) is 0 Å². The van der Waals surface area contributed by atoms with Gasteiger partial charge in [0.15, 0.2) is 0 Å². The fourth-order valence-corrected chi connectivity index (χ4v) is 1.71. The number of aliphatic hydroxyl groups excluding tert-OH is 1.